The van der Waals surface area contributed by atoms with Gasteiger partial charge in [-0.25, -0.2) is 0 Å². The van der Waals surface area contributed by atoms with Gasteiger partial charge >= 0.3 is 0 Å². The molecule has 2 saturated heterocycles. The van der Waals surface area contributed by atoms with Crippen LogP contribution >= 0.6 is 0 Å². The van der Waals surface area contributed by atoms with Crippen molar-refractivity contribution in [3.05, 3.63) is 35.4 Å². The van der Waals surface area contributed by atoms with Crippen LogP contribution < -0.4 is 11.5 Å². The van der Waals surface area contributed by atoms with Gasteiger partial charge in [0.2, 0.25) is 5.91 Å². The van der Waals surface area contributed by atoms with Gasteiger partial charge in [-0.3, -0.25) is 9.59 Å². The molecule has 0 aromatic heterocycles. The molecule has 2 amide bonds. The quantitative estimate of drug-likeness (QED) is 0.832. The number of nitrogens with two attached hydrogens (primary N) is 2. The summed E-state index contributed by atoms with van der Waals surface area (Å²) in [5.41, 5.74) is 13.0. The van der Waals surface area contributed by atoms with Gasteiger partial charge in [-0.1, -0.05) is 12.1 Å². The molecule has 2 aliphatic rings. The summed E-state index contributed by atoms with van der Waals surface area (Å²) in [7, 11) is 0. The Hall–Kier alpha value is -1.92. The number of piperidine rings is 2. The van der Waals surface area contributed by atoms with Crippen LogP contribution in [0.1, 0.15) is 41.6 Å². The molecule has 0 saturated carbocycles. The van der Waals surface area contributed by atoms with Gasteiger partial charge in [-0.05, 0) is 49.4 Å². The molecule has 1 aromatic rings. The smallest absolute Gasteiger partial charge is 0.253 e. The Morgan fingerprint density at radius 1 is 1.16 bits per heavy atom. The van der Waals surface area contributed by atoms with Crippen LogP contribution in [0.15, 0.2) is 24.3 Å². The van der Waals surface area contributed by atoms with Crippen molar-refractivity contribution in [2.75, 3.05) is 26.2 Å². The highest BCUT2D eigenvalue weighted by Crippen LogP contribution is 2.32. The maximum Gasteiger partial charge on any atom is 0.253 e. The number of likely N-dealkylation sites (tertiary alicyclic amines) is 2. The first kappa shape index (κ1) is 17.9. The van der Waals surface area contributed by atoms with Crippen LogP contribution in [-0.4, -0.2) is 53.8 Å². The first-order valence-corrected chi connectivity index (χ1v) is 9.22. The van der Waals surface area contributed by atoms with Crippen LogP contribution in [0.25, 0.3) is 0 Å². The Balaban J connectivity index is 1.66. The van der Waals surface area contributed by atoms with Crippen LogP contribution in [0, 0.1) is 5.92 Å². The van der Waals surface area contributed by atoms with Crippen molar-refractivity contribution in [3.63, 3.8) is 0 Å². The van der Waals surface area contributed by atoms with Crippen molar-refractivity contribution in [1.29, 1.82) is 0 Å². The fraction of sp³-hybridized carbons (Fsp3) is 0.579. The SMILES string of the molecule is NCCCN1C(=O)CCC2CN(C(=O)c3ccc(CN)cc3)CCC21. The minimum absolute atomic E-state index is 0.0763. The minimum atomic E-state index is 0.0763. The van der Waals surface area contributed by atoms with E-state index in [4.69, 9.17) is 11.5 Å². The van der Waals surface area contributed by atoms with E-state index in [-0.39, 0.29) is 17.9 Å². The molecule has 2 fully saturated rings. The van der Waals surface area contributed by atoms with Crippen LogP contribution in [-0.2, 0) is 11.3 Å². The zero-order valence-electron chi connectivity index (χ0n) is 14.7. The molecule has 6 heteroatoms. The Labute approximate surface area is 149 Å². The summed E-state index contributed by atoms with van der Waals surface area (Å²) in [5, 5.41) is 0. The second kappa shape index (κ2) is 7.97. The van der Waals surface area contributed by atoms with Crippen molar-refractivity contribution in [2.45, 2.75) is 38.3 Å². The number of rotatable bonds is 5. The predicted molar refractivity (Wildman–Crippen MR) is 96.8 cm³/mol. The molecule has 0 radical (unpaired) electrons. The maximum atomic E-state index is 12.8. The highest BCUT2D eigenvalue weighted by Gasteiger charge is 2.40. The summed E-state index contributed by atoms with van der Waals surface area (Å²) in [6, 6.07) is 7.79. The first-order chi connectivity index (χ1) is 12.1. The fourth-order valence-corrected chi connectivity index (χ4v) is 4.05. The summed E-state index contributed by atoms with van der Waals surface area (Å²) < 4.78 is 0. The van der Waals surface area contributed by atoms with Gasteiger partial charge in [0, 0.05) is 44.2 Å². The van der Waals surface area contributed by atoms with Crippen molar-refractivity contribution >= 4 is 11.8 Å². The lowest BCUT2D eigenvalue weighted by Crippen LogP contribution is -2.57. The number of fused-ring (bicyclic) bond motifs is 1. The summed E-state index contributed by atoms with van der Waals surface area (Å²) in [6.07, 6.45) is 3.15. The van der Waals surface area contributed by atoms with Gasteiger partial charge in [0.05, 0.1) is 0 Å². The molecule has 2 atom stereocenters. The van der Waals surface area contributed by atoms with Gasteiger partial charge < -0.3 is 21.3 Å². The average molecular weight is 344 g/mol. The third-order valence-corrected chi connectivity index (χ3v) is 5.47. The molecule has 25 heavy (non-hydrogen) atoms. The second-order valence-electron chi connectivity index (χ2n) is 7.04. The molecule has 0 bridgehead atoms. The van der Waals surface area contributed by atoms with Crippen molar-refractivity contribution in [1.82, 2.24) is 9.80 Å². The zero-order valence-corrected chi connectivity index (χ0v) is 14.7. The van der Waals surface area contributed by atoms with E-state index in [2.05, 4.69) is 0 Å². The van der Waals surface area contributed by atoms with Gasteiger partial charge in [0.1, 0.15) is 0 Å². The summed E-state index contributed by atoms with van der Waals surface area (Å²) >= 11 is 0. The van der Waals surface area contributed by atoms with E-state index in [1.165, 1.54) is 0 Å². The predicted octanol–water partition coefficient (Wildman–Crippen LogP) is 0.947. The Kier molecular flexibility index (Phi) is 5.71. The second-order valence-corrected chi connectivity index (χ2v) is 7.04. The number of carbonyl (C=O) groups is 2. The molecule has 2 unspecified atom stereocenters. The molecule has 0 aliphatic carbocycles. The first-order valence-electron chi connectivity index (χ1n) is 9.22. The molecule has 2 aliphatic heterocycles. The monoisotopic (exact) mass is 344 g/mol. The normalized spacial score (nSPS) is 23.5. The number of benzene rings is 1. The van der Waals surface area contributed by atoms with E-state index in [9.17, 15) is 9.59 Å². The molecule has 2 heterocycles. The molecule has 3 rings (SSSR count). The molecule has 1 aromatic carbocycles. The third-order valence-electron chi connectivity index (χ3n) is 5.47. The van der Waals surface area contributed by atoms with Crippen molar-refractivity contribution in [3.8, 4) is 0 Å². The molecular formula is C19H28N4O2. The van der Waals surface area contributed by atoms with Gasteiger partial charge in [-0.2, -0.15) is 0 Å². The van der Waals surface area contributed by atoms with Crippen LogP contribution in [0.3, 0.4) is 0 Å². The van der Waals surface area contributed by atoms with E-state index in [0.29, 0.717) is 37.5 Å². The number of carbonyl (C=O) groups excluding carboxylic acids is 2. The number of hydrogen-bond acceptors (Lipinski definition) is 4. The zero-order chi connectivity index (χ0) is 17.8. The van der Waals surface area contributed by atoms with Crippen LogP contribution in [0.2, 0.25) is 0 Å². The highest BCUT2D eigenvalue weighted by molar-refractivity contribution is 5.94. The lowest BCUT2D eigenvalue weighted by atomic mass is 9.83. The lowest BCUT2D eigenvalue weighted by molar-refractivity contribution is -0.140. The number of hydrogen-bond donors (Lipinski definition) is 2. The Morgan fingerprint density at radius 3 is 2.60 bits per heavy atom. The van der Waals surface area contributed by atoms with E-state index >= 15 is 0 Å². The van der Waals surface area contributed by atoms with Crippen LogP contribution in [0.4, 0.5) is 0 Å². The summed E-state index contributed by atoms with van der Waals surface area (Å²) in [6.45, 7) is 3.25. The van der Waals surface area contributed by atoms with Crippen molar-refractivity contribution < 1.29 is 9.59 Å². The molecule has 0 spiro atoms. The van der Waals surface area contributed by atoms with E-state index in [1.807, 2.05) is 34.1 Å². The topological polar surface area (TPSA) is 92.7 Å². The highest BCUT2D eigenvalue weighted by atomic mass is 16.2. The van der Waals surface area contributed by atoms with E-state index in [1.54, 1.807) is 0 Å². The molecular weight excluding hydrogens is 316 g/mol. The minimum Gasteiger partial charge on any atom is -0.339 e. The summed E-state index contributed by atoms with van der Waals surface area (Å²) in [5.74, 6) is 0.691. The lowest BCUT2D eigenvalue weighted by Gasteiger charge is -2.47. The Morgan fingerprint density at radius 2 is 1.92 bits per heavy atom. The van der Waals surface area contributed by atoms with Crippen molar-refractivity contribution in [2.24, 2.45) is 17.4 Å². The average Bonchev–Trinajstić information content (AvgIpc) is 2.66. The van der Waals surface area contributed by atoms with Gasteiger partial charge in [-0.15, -0.1) is 0 Å². The van der Waals surface area contributed by atoms with Gasteiger partial charge in [0.25, 0.3) is 5.91 Å². The molecule has 6 nitrogen and oxygen atoms in total. The van der Waals surface area contributed by atoms with E-state index in [0.717, 1.165) is 37.9 Å². The number of amides is 2. The number of nitrogens with zero attached hydrogens (tertiary/aromatic N) is 2. The standard InChI is InChI=1S/C19H28N4O2/c20-9-1-10-23-17-8-11-22(13-16(17)6-7-18(23)24)19(25)15-4-2-14(12-21)3-5-15/h2-5,16-17H,1,6-13,20-21H2. The molecule has 4 N–H and O–H groups in total. The van der Waals surface area contributed by atoms with Gasteiger partial charge in [0.15, 0.2) is 0 Å². The summed E-state index contributed by atoms with van der Waals surface area (Å²) in [4.78, 5) is 29.0. The maximum absolute atomic E-state index is 12.8. The Bertz CT molecular complexity index is 616. The largest absolute Gasteiger partial charge is 0.339 e. The third kappa shape index (κ3) is 3.85. The van der Waals surface area contributed by atoms with Crippen LogP contribution in [0.5, 0.6) is 0 Å². The fourth-order valence-electron chi connectivity index (χ4n) is 4.05. The molecule has 136 valence electrons. The van der Waals surface area contributed by atoms with E-state index < -0.39 is 0 Å².